The van der Waals surface area contributed by atoms with E-state index in [1.165, 1.54) is 6.42 Å². The van der Waals surface area contributed by atoms with Crippen LogP contribution in [0.4, 0.5) is 0 Å². The molecule has 0 spiro atoms. The van der Waals surface area contributed by atoms with Crippen LogP contribution in [0.15, 0.2) is 60.7 Å². The summed E-state index contributed by atoms with van der Waals surface area (Å²) in [5.41, 5.74) is 1.57. The first-order valence-electron chi connectivity index (χ1n) is 9.97. The summed E-state index contributed by atoms with van der Waals surface area (Å²) < 4.78 is 6.30. The molecule has 0 N–H and O–H groups in total. The fraction of sp³-hybridized carbons (Fsp3) is 0.458. The molecule has 4 heteroatoms. The molecule has 0 heterocycles. The molecule has 2 aromatic carbocycles. The summed E-state index contributed by atoms with van der Waals surface area (Å²) in [4.78, 5) is 15.6. The molecule has 0 aromatic heterocycles. The zero-order chi connectivity index (χ0) is 19.3. The highest BCUT2D eigenvalue weighted by molar-refractivity contribution is 5.85. The third-order valence-corrected chi connectivity index (χ3v) is 5.76. The Morgan fingerprint density at radius 1 is 1.04 bits per heavy atom. The predicted octanol–water partition coefficient (Wildman–Crippen LogP) is 5.29. The van der Waals surface area contributed by atoms with Gasteiger partial charge in [0, 0.05) is 12.5 Å². The first-order chi connectivity index (χ1) is 13.0. The zero-order valence-corrected chi connectivity index (χ0v) is 18.0. The monoisotopic (exact) mass is 401 g/mol. The van der Waals surface area contributed by atoms with Gasteiger partial charge < -0.3 is 9.64 Å². The lowest BCUT2D eigenvalue weighted by Gasteiger charge is -2.42. The summed E-state index contributed by atoms with van der Waals surface area (Å²) in [7, 11) is 4.18. The summed E-state index contributed by atoms with van der Waals surface area (Å²) in [5, 5.41) is 0. The highest BCUT2D eigenvalue weighted by Gasteiger charge is 2.41. The number of hydrogen-bond donors (Lipinski definition) is 0. The maximum absolute atomic E-state index is 13.4. The van der Waals surface area contributed by atoms with Crippen LogP contribution in [0.5, 0.6) is 0 Å². The maximum atomic E-state index is 13.4. The molecule has 0 saturated heterocycles. The quantitative estimate of drug-likeness (QED) is 0.615. The molecule has 1 aliphatic carbocycles. The molecule has 0 radical (unpaired) electrons. The fourth-order valence-corrected chi connectivity index (χ4v) is 4.28. The molecule has 2 aromatic rings. The Kier molecular flexibility index (Phi) is 8.09. The van der Waals surface area contributed by atoms with Gasteiger partial charge in [-0.25, -0.2) is 0 Å². The third kappa shape index (κ3) is 5.36. The lowest BCUT2D eigenvalue weighted by Crippen LogP contribution is -2.47. The van der Waals surface area contributed by atoms with Crippen LogP contribution in [0, 0.1) is 5.92 Å². The van der Waals surface area contributed by atoms with Crippen molar-refractivity contribution >= 4 is 18.4 Å². The van der Waals surface area contributed by atoms with E-state index in [2.05, 4.69) is 25.9 Å². The molecule has 152 valence electrons. The molecule has 2 atom stereocenters. The van der Waals surface area contributed by atoms with E-state index < -0.39 is 5.60 Å². The van der Waals surface area contributed by atoms with Gasteiger partial charge in [0.1, 0.15) is 11.5 Å². The van der Waals surface area contributed by atoms with Crippen molar-refractivity contribution in [1.82, 2.24) is 4.90 Å². The minimum Gasteiger partial charge on any atom is -0.458 e. The lowest BCUT2D eigenvalue weighted by molar-refractivity contribution is -0.169. The molecule has 0 aliphatic heterocycles. The van der Waals surface area contributed by atoms with Crippen LogP contribution in [0.3, 0.4) is 0 Å². The topological polar surface area (TPSA) is 29.5 Å². The first kappa shape index (κ1) is 22.4. The highest BCUT2D eigenvalue weighted by Crippen LogP contribution is 2.39. The standard InChI is InChI=1S/C24H31NO2.ClH/c1-24(17-11-10-16-21(24)18-25(2)3)27-23(26)22(19-12-6-4-7-13-19)20-14-8-5-9-15-20;/h4-9,12-15,21-22H,10-11,16-18H2,1-3H3;1H. The van der Waals surface area contributed by atoms with E-state index in [1.807, 2.05) is 60.7 Å². The number of ether oxygens (including phenoxy) is 1. The summed E-state index contributed by atoms with van der Waals surface area (Å²) >= 11 is 0. The lowest BCUT2D eigenvalue weighted by atomic mass is 9.76. The van der Waals surface area contributed by atoms with Gasteiger partial charge in [-0.05, 0) is 51.4 Å². The van der Waals surface area contributed by atoms with E-state index in [-0.39, 0.29) is 24.3 Å². The molecule has 1 saturated carbocycles. The smallest absolute Gasteiger partial charge is 0.318 e. The van der Waals surface area contributed by atoms with Gasteiger partial charge in [-0.2, -0.15) is 0 Å². The number of carbonyl (C=O) groups is 1. The molecule has 3 rings (SSSR count). The minimum atomic E-state index is -0.401. The SMILES string of the molecule is CN(C)CC1CCCCC1(C)OC(=O)C(c1ccccc1)c1ccccc1.Cl. The molecule has 3 nitrogen and oxygen atoms in total. The van der Waals surface area contributed by atoms with Crippen LogP contribution < -0.4 is 0 Å². The van der Waals surface area contributed by atoms with Crippen LogP contribution in [-0.4, -0.2) is 37.1 Å². The Balaban J connectivity index is 0.00000280. The second-order valence-electron chi connectivity index (χ2n) is 8.19. The zero-order valence-electron chi connectivity index (χ0n) is 17.1. The van der Waals surface area contributed by atoms with E-state index in [0.29, 0.717) is 5.92 Å². The van der Waals surface area contributed by atoms with Gasteiger partial charge in [0.05, 0.1) is 0 Å². The number of benzene rings is 2. The molecule has 0 amide bonds. The van der Waals surface area contributed by atoms with Gasteiger partial charge in [0.25, 0.3) is 0 Å². The van der Waals surface area contributed by atoms with E-state index in [0.717, 1.165) is 36.9 Å². The van der Waals surface area contributed by atoms with Crippen molar-refractivity contribution in [2.75, 3.05) is 20.6 Å². The highest BCUT2D eigenvalue weighted by atomic mass is 35.5. The molecule has 28 heavy (non-hydrogen) atoms. The van der Waals surface area contributed by atoms with Crippen molar-refractivity contribution in [3.05, 3.63) is 71.8 Å². The van der Waals surface area contributed by atoms with Gasteiger partial charge in [0.2, 0.25) is 0 Å². The van der Waals surface area contributed by atoms with E-state index in [1.54, 1.807) is 0 Å². The Labute approximate surface area is 175 Å². The Morgan fingerprint density at radius 2 is 1.57 bits per heavy atom. The van der Waals surface area contributed by atoms with Crippen LogP contribution >= 0.6 is 12.4 Å². The van der Waals surface area contributed by atoms with Crippen LogP contribution in [0.1, 0.15) is 49.7 Å². The normalized spacial score (nSPS) is 22.0. The third-order valence-electron chi connectivity index (χ3n) is 5.76. The van der Waals surface area contributed by atoms with Crippen molar-refractivity contribution in [2.45, 2.75) is 44.1 Å². The predicted molar refractivity (Wildman–Crippen MR) is 117 cm³/mol. The van der Waals surface area contributed by atoms with Crippen molar-refractivity contribution in [1.29, 1.82) is 0 Å². The average molecular weight is 402 g/mol. The Hall–Kier alpha value is -1.84. The van der Waals surface area contributed by atoms with Crippen molar-refractivity contribution in [3.63, 3.8) is 0 Å². The first-order valence-corrected chi connectivity index (χ1v) is 9.97. The average Bonchev–Trinajstić information content (AvgIpc) is 2.65. The molecule has 0 bridgehead atoms. The largest absolute Gasteiger partial charge is 0.458 e. The van der Waals surface area contributed by atoms with E-state index in [9.17, 15) is 4.79 Å². The number of hydrogen-bond acceptors (Lipinski definition) is 3. The fourth-order valence-electron chi connectivity index (χ4n) is 4.28. The second kappa shape index (κ2) is 10.1. The maximum Gasteiger partial charge on any atom is 0.318 e. The number of esters is 1. The number of nitrogens with zero attached hydrogens (tertiary/aromatic N) is 1. The Bertz CT molecular complexity index is 695. The van der Waals surface area contributed by atoms with Gasteiger partial charge in [-0.3, -0.25) is 4.79 Å². The number of rotatable bonds is 6. The van der Waals surface area contributed by atoms with Crippen LogP contribution in [0.25, 0.3) is 0 Å². The van der Waals surface area contributed by atoms with Crippen LogP contribution in [-0.2, 0) is 9.53 Å². The molecular weight excluding hydrogens is 370 g/mol. The van der Waals surface area contributed by atoms with Gasteiger partial charge >= 0.3 is 5.97 Å². The number of halogens is 1. The summed E-state index contributed by atoms with van der Waals surface area (Å²) in [6, 6.07) is 19.9. The van der Waals surface area contributed by atoms with Gasteiger partial charge in [-0.1, -0.05) is 67.1 Å². The Morgan fingerprint density at radius 3 is 2.07 bits per heavy atom. The minimum absolute atomic E-state index is 0. The van der Waals surface area contributed by atoms with E-state index >= 15 is 0 Å². The molecule has 1 aliphatic rings. The van der Waals surface area contributed by atoms with Crippen LogP contribution in [0.2, 0.25) is 0 Å². The molecule has 2 unspecified atom stereocenters. The number of carbonyl (C=O) groups excluding carboxylic acids is 1. The summed E-state index contributed by atoms with van der Waals surface area (Å²) in [6.07, 6.45) is 4.39. The van der Waals surface area contributed by atoms with Crippen molar-refractivity contribution in [2.24, 2.45) is 5.92 Å². The summed E-state index contributed by atoms with van der Waals surface area (Å²) in [5.74, 6) is -0.149. The van der Waals surface area contributed by atoms with Gasteiger partial charge in [0.15, 0.2) is 0 Å². The summed E-state index contributed by atoms with van der Waals surface area (Å²) in [6.45, 7) is 3.08. The van der Waals surface area contributed by atoms with Gasteiger partial charge in [-0.15, -0.1) is 12.4 Å². The van der Waals surface area contributed by atoms with E-state index in [4.69, 9.17) is 4.74 Å². The molecule has 1 fully saturated rings. The molecular formula is C24H32ClNO2. The van der Waals surface area contributed by atoms with Crippen molar-refractivity contribution in [3.8, 4) is 0 Å². The second-order valence-corrected chi connectivity index (χ2v) is 8.19. The van der Waals surface area contributed by atoms with Crippen molar-refractivity contribution < 1.29 is 9.53 Å².